The number of carbonyl (C=O) groups is 11. The lowest BCUT2D eigenvalue weighted by Gasteiger charge is -2.41. The van der Waals surface area contributed by atoms with Crippen LogP contribution in [0.4, 0.5) is 0 Å². The number of morpholine rings is 1. The third-order valence-electron chi connectivity index (χ3n) is 18.7. The second-order valence-corrected chi connectivity index (χ2v) is 28.5. The number of allylic oxidation sites excluding steroid dienone is 2. The van der Waals surface area contributed by atoms with Crippen molar-refractivity contribution in [3.8, 4) is 0 Å². The van der Waals surface area contributed by atoms with Gasteiger partial charge in [-0.2, -0.15) is 0 Å². The molecule has 532 valence electrons. The summed E-state index contributed by atoms with van der Waals surface area (Å²) < 4.78 is 5.68. The van der Waals surface area contributed by atoms with E-state index in [1.807, 2.05) is 61.5 Å². The van der Waals surface area contributed by atoms with Crippen molar-refractivity contribution in [1.29, 1.82) is 0 Å². The molecule has 0 radical (unpaired) electrons. The Morgan fingerprint density at radius 2 is 0.978 bits per heavy atom. The number of ether oxygens (including phenoxy) is 1. The highest BCUT2D eigenvalue weighted by atomic mass is 16.5. The van der Waals surface area contributed by atoms with Crippen LogP contribution in [0.3, 0.4) is 0 Å². The van der Waals surface area contributed by atoms with E-state index in [1.165, 1.54) is 99.5 Å². The summed E-state index contributed by atoms with van der Waals surface area (Å²) in [6.45, 7) is 33.9. The van der Waals surface area contributed by atoms with Crippen LogP contribution in [0.5, 0.6) is 0 Å². The van der Waals surface area contributed by atoms with E-state index in [-0.39, 0.29) is 49.5 Å². The highest BCUT2D eigenvalue weighted by molar-refractivity contribution is 6.00. The Morgan fingerprint density at radius 1 is 0.505 bits per heavy atom. The Kier molecular flexibility index (Phi) is 33.7. The first-order valence-electron chi connectivity index (χ1n) is 33.8. The third kappa shape index (κ3) is 22.5. The maximum absolute atomic E-state index is 15.3. The van der Waals surface area contributed by atoms with Gasteiger partial charge in [0, 0.05) is 61.9 Å². The number of rotatable bonds is 17. The number of nitrogens with zero attached hydrogens (tertiary/aromatic N) is 8. The van der Waals surface area contributed by atoms with Gasteiger partial charge in [0.2, 0.25) is 65.0 Å². The van der Waals surface area contributed by atoms with Crippen molar-refractivity contribution >= 4 is 65.0 Å². The number of aliphatic hydroxyl groups excluding tert-OH is 1. The van der Waals surface area contributed by atoms with E-state index in [1.54, 1.807) is 54.5 Å². The Balaban J connectivity index is 3.05. The first-order valence-corrected chi connectivity index (χ1v) is 33.8. The highest BCUT2D eigenvalue weighted by Gasteiger charge is 2.46. The van der Waals surface area contributed by atoms with E-state index in [0.717, 1.165) is 4.90 Å². The maximum atomic E-state index is 15.3. The number of aliphatic hydroxyl groups is 1. The van der Waals surface area contributed by atoms with Gasteiger partial charge in [-0.25, -0.2) is 0 Å². The van der Waals surface area contributed by atoms with Crippen molar-refractivity contribution in [3.05, 3.63) is 12.2 Å². The van der Waals surface area contributed by atoms with Crippen molar-refractivity contribution in [2.75, 3.05) is 75.6 Å². The van der Waals surface area contributed by atoms with Gasteiger partial charge < -0.3 is 65.4 Å². The summed E-state index contributed by atoms with van der Waals surface area (Å²) in [6, 6.07) is -13.7. The summed E-state index contributed by atoms with van der Waals surface area (Å²) in [6.07, 6.45) is 3.26. The van der Waals surface area contributed by atoms with Gasteiger partial charge in [-0.1, -0.05) is 102 Å². The van der Waals surface area contributed by atoms with E-state index >= 15 is 28.8 Å². The molecule has 0 aromatic carbocycles. The topological polar surface area (TPSA) is 291 Å². The van der Waals surface area contributed by atoms with E-state index < -0.39 is 161 Å². The molecule has 0 aromatic heterocycles. The number of amides is 11. The van der Waals surface area contributed by atoms with Crippen LogP contribution in [0, 0.1) is 41.4 Å². The normalized spacial score (nSPS) is 28.7. The number of hydrogen-bond donors (Lipinski definition) is 5. The first-order chi connectivity index (χ1) is 43.1. The second kappa shape index (κ2) is 37.8. The molecule has 11 amide bonds. The van der Waals surface area contributed by atoms with Crippen LogP contribution < -0.4 is 21.3 Å². The maximum Gasteiger partial charge on any atom is 0.246 e. The van der Waals surface area contributed by atoms with Gasteiger partial charge in [0.15, 0.2) is 0 Å². The Bertz CT molecular complexity index is 2560. The molecule has 2 heterocycles. The van der Waals surface area contributed by atoms with Crippen molar-refractivity contribution in [2.45, 2.75) is 242 Å². The van der Waals surface area contributed by atoms with Crippen LogP contribution in [0.1, 0.15) is 163 Å². The molecule has 93 heavy (non-hydrogen) atoms. The van der Waals surface area contributed by atoms with Crippen LogP contribution in [0.2, 0.25) is 0 Å². The van der Waals surface area contributed by atoms with Crippen LogP contribution in [-0.2, 0) is 57.5 Å². The molecule has 15 atom stereocenters. The molecule has 25 nitrogen and oxygen atoms in total. The summed E-state index contributed by atoms with van der Waals surface area (Å²) in [4.78, 5) is 174. The third-order valence-corrected chi connectivity index (χ3v) is 18.7. The van der Waals surface area contributed by atoms with Gasteiger partial charge in [0.1, 0.15) is 66.5 Å². The lowest BCUT2D eigenvalue weighted by atomic mass is 9.91. The highest BCUT2D eigenvalue weighted by Crippen LogP contribution is 2.27. The average Bonchev–Trinajstić information content (AvgIpc) is 0.823. The smallest absolute Gasteiger partial charge is 0.246 e. The SMILES string of the molecule is C/C=C/C[C@@H](C)[C@@H](O)[C@H]1C(=O)N[C@@H](CC)C(=O)N(C)[C@H](C)C(=O)N(C)[C@@H]([C@H](C)CCN2CCOC[C@@H]2C)C(=O)N[C@@H](C(C)C)C(=O)N(C)[C@@H](CC(C)C)C(=O)N[C@@H](C)C(=O)N[C@H](C)C(=O)N(C)[C@@H](CC(C)C)C(=O)N(C)[C@@H](CC(C)C)C(=O)N(C)[C@@H](C(C)C)C(=O)N1C. The molecule has 2 fully saturated rings. The zero-order chi connectivity index (χ0) is 71.5. The summed E-state index contributed by atoms with van der Waals surface area (Å²) in [5.41, 5.74) is 0. The molecule has 2 rings (SSSR count). The minimum absolute atomic E-state index is 0.00538. The van der Waals surface area contributed by atoms with Crippen LogP contribution in [0.25, 0.3) is 0 Å². The monoisotopic (exact) mass is 1310 g/mol. The molecule has 0 spiro atoms. The summed E-state index contributed by atoms with van der Waals surface area (Å²) in [5, 5.41) is 23.4. The molecule has 2 aliphatic rings. The number of likely N-dealkylation sites (N-methyl/N-ethyl adjacent to an activating group) is 7. The summed E-state index contributed by atoms with van der Waals surface area (Å²) >= 11 is 0. The standard InChI is InChI=1S/C68H122N12O13/c1-26-28-29-44(14)57(81)56-61(85)71-49(27-2)64(88)73(19)48(18)63(87)78(24)55(43(13)30-31-80-32-33-93-37-45(80)15)60(84)72-53(41(9)10)67(91)74(20)50(34-38(3)4)59(83)69-46(16)58(82)70-47(17)62(86)75(21)51(35-39(5)6)65(89)76(22)52(36-40(7)8)66(90)77(23)54(42(11)12)68(92)79(56)25/h26,28,38-57,81H,27,29-37H2,1-25H3,(H,69,83)(H,70,82)(H,71,85)(H,72,84)/b28-26+/t43-,44-,45+,46+,47-,48-,49+,50+,51+,52+,53+,54+,55+,56+,57-/m1/s1. The van der Waals surface area contributed by atoms with Crippen LogP contribution in [-0.4, -0.2) is 264 Å². The number of carbonyl (C=O) groups excluding carboxylic acids is 11. The van der Waals surface area contributed by atoms with E-state index in [0.29, 0.717) is 39.1 Å². The molecule has 25 heteroatoms. The zero-order valence-electron chi connectivity index (χ0n) is 61.2. The van der Waals surface area contributed by atoms with E-state index in [9.17, 15) is 29.1 Å². The van der Waals surface area contributed by atoms with E-state index in [4.69, 9.17) is 4.74 Å². The fourth-order valence-electron chi connectivity index (χ4n) is 12.4. The quantitative estimate of drug-likeness (QED) is 0.131. The fraction of sp³-hybridized carbons (Fsp3) is 0.809. The average molecular weight is 1320 g/mol. The zero-order valence-corrected chi connectivity index (χ0v) is 61.2. The molecule has 0 aliphatic carbocycles. The second-order valence-electron chi connectivity index (χ2n) is 28.5. The predicted molar refractivity (Wildman–Crippen MR) is 359 cm³/mol. The van der Waals surface area contributed by atoms with Gasteiger partial charge >= 0.3 is 0 Å². The summed E-state index contributed by atoms with van der Waals surface area (Å²) in [5.74, 6) is -10.2. The molecule has 0 saturated carbocycles. The molecule has 2 aliphatic heterocycles. The van der Waals surface area contributed by atoms with Gasteiger partial charge in [-0.05, 0) is 121 Å². The minimum atomic E-state index is -1.63. The van der Waals surface area contributed by atoms with Crippen LogP contribution in [0.15, 0.2) is 12.2 Å². The molecule has 2 saturated heterocycles. The lowest BCUT2D eigenvalue weighted by Crippen LogP contribution is -2.64. The molecule has 0 aromatic rings. The number of nitrogens with one attached hydrogen (secondary N) is 4. The fourth-order valence-corrected chi connectivity index (χ4v) is 12.4. The summed E-state index contributed by atoms with van der Waals surface area (Å²) in [7, 11) is 10.0. The molecule has 0 bridgehead atoms. The molecular formula is C68H122N12O13. The van der Waals surface area contributed by atoms with Crippen molar-refractivity contribution < 1.29 is 62.6 Å². The van der Waals surface area contributed by atoms with E-state index in [2.05, 4.69) is 26.2 Å². The van der Waals surface area contributed by atoms with Gasteiger partial charge in [-0.3, -0.25) is 57.6 Å². The minimum Gasteiger partial charge on any atom is -0.390 e. The Labute approximate surface area is 556 Å². The van der Waals surface area contributed by atoms with Gasteiger partial charge in [0.25, 0.3) is 0 Å². The molecule has 0 unspecified atom stereocenters. The van der Waals surface area contributed by atoms with Crippen molar-refractivity contribution in [3.63, 3.8) is 0 Å². The Hall–Kier alpha value is -6.21. The van der Waals surface area contributed by atoms with Gasteiger partial charge in [0.05, 0.1) is 19.3 Å². The molecule has 5 N–H and O–H groups in total. The van der Waals surface area contributed by atoms with Crippen LogP contribution >= 0.6 is 0 Å². The molecular weight excluding hydrogens is 1190 g/mol. The predicted octanol–water partition coefficient (Wildman–Crippen LogP) is 3.36. The lowest BCUT2D eigenvalue weighted by molar-refractivity contribution is -0.157. The number of hydrogen-bond acceptors (Lipinski definition) is 14. The first kappa shape index (κ1) is 82.9. The largest absolute Gasteiger partial charge is 0.390 e. The van der Waals surface area contributed by atoms with Gasteiger partial charge in [-0.15, -0.1) is 0 Å². The van der Waals surface area contributed by atoms with Crippen molar-refractivity contribution in [1.82, 2.24) is 60.5 Å². The van der Waals surface area contributed by atoms with Crippen molar-refractivity contribution in [2.24, 2.45) is 41.4 Å². The Morgan fingerprint density at radius 3 is 1.47 bits per heavy atom.